The van der Waals surface area contributed by atoms with Crippen molar-refractivity contribution in [3.8, 4) is 5.88 Å². The summed E-state index contributed by atoms with van der Waals surface area (Å²) in [5, 5.41) is 13.3. The van der Waals surface area contributed by atoms with Crippen LogP contribution in [0.25, 0.3) is 0 Å². The average Bonchev–Trinajstić information content (AvgIpc) is 2.72. The second-order valence-electron chi connectivity index (χ2n) is 3.19. The van der Waals surface area contributed by atoms with Gasteiger partial charge in [-0.05, 0) is 24.5 Å². The van der Waals surface area contributed by atoms with Crippen molar-refractivity contribution in [3.63, 3.8) is 0 Å². The number of hydrogen-bond donors (Lipinski definition) is 2. The molecule has 1 atom stereocenters. The normalized spacial score (nSPS) is 27.8. The van der Waals surface area contributed by atoms with Crippen molar-refractivity contribution < 1.29 is 9.84 Å². The van der Waals surface area contributed by atoms with Crippen LogP contribution >= 0.6 is 11.5 Å². The molecule has 2 N–H and O–H groups in total. The van der Waals surface area contributed by atoms with Crippen LogP contribution in [-0.2, 0) is 5.60 Å². The first-order chi connectivity index (χ1) is 6.24. The van der Waals surface area contributed by atoms with Gasteiger partial charge in [0.2, 0.25) is 5.88 Å². The number of β-amino-alcohol motifs (C(OH)–C–C–N with tert-alkyl or cyclic N) is 1. The summed E-state index contributed by atoms with van der Waals surface area (Å²) in [6.45, 7) is 1.47. The molecule has 0 radical (unpaired) electrons. The highest BCUT2D eigenvalue weighted by Gasteiger charge is 2.35. The number of nitrogens with zero attached hydrogens (tertiary/aromatic N) is 1. The molecule has 1 unspecified atom stereocenters. The van der Waals surface area contributed by atoms with Crippen molar-refractivity contribution in [2.75, 3.05) is 20.2 Å². The molecular formula is C8H12N2O2S. The van der Waals surface area contributed by atoms with Crippen LogP contribution in [0.1, 0.15) is 11.3 Å². The molecular weight excluding hydrogens is 188 g/mol. The van der Waals surface area contributed by atoms with E-state index in [0.717, 1.165) is 17.8 Å². The lowest BCUT2D eigenvalue weighted by Gasteiger charge is -2.17. The smallest absolute Gasteiger partial charge is 0.225 e. The molecule has 0 aromatic carbocycles. The minimum absolute atomic E-state index is 0.584. The van der Waals surface area contributed by atoms with Crippen molar-refractivity contribution in [1.29, 1.82) is 0 Å². The molecule has 0 spiro atoms. The molecule has 0 amide bonds. The summed E-state index contributed by atoms with van der Waals surface area (Å²) >= 11 is 1.31. The fraction of sp³-hybridized carbons (Fsp3) is 0.625. The Morgan fingerprint density at radius 2 is 2.62 bits per heavy atom. The van der Waals surface area contributed by atoms with E-state index in [4.69, 9.17) is 4.74 Å². The van der Waals surface area contributed by atoms with Gasteiger partial charge in [-0.15, -0.1) is 0 Å². The van der Waals surface area contributed by atoms with Crippen LogP contribution in [0.3, 0.4) is 0 Å². The van der Waals surface area contributed by atoms with E-state index in [2.05, 4.69) is 9.69 Å². The van der Waals surface area contributed by atoms with E-state index in [1.807, 2.05) is 0 Å². The number of ether oxygens (including phenoxy) is 1. The molecule has 1 saturated heterocycles. The number of aliphatic hydroxyl groups is 1. The van der Waals surface area contributed by atoms with E-state index in [0.29, 0.717) is 12.4 Å². The highest BCUT2D eigenvalue weighted by molar-refractivity contribution is 7.06. The molecule has 4 nitrogen and oxygen atoms in total. The maximum atomic E-state index is 10.1. The second-order valence-corrected chi connectivity index (χ2v) is 4.00. The first-order valence-electron chi connectivity index (χ1n) is 4.19. The molecule has 1 aromatic heterocycles. The van der Waals surface area contributed by atoms with E-state index >= 15 is 0 Å². The molecule has 1 aromatic rings. The van der Waals surface area contributed by atoms with Crippen LogP contribution in [0.2, 0.25) is 0 Å². The van der Waals surface area contributed by atoms with E-state index in [1.165, 1.54) is 11.5 Å². The van der Waals surface area contributed by atoms with Crippen LogP contribution < -0.4 is 10.1 Å². The molecule has 72 valence electrons. The molecule has 0 bridgehead atoms. The van der Waals surface area contributed by atoms with Crippen molar-refractivity contribution in [3.05, 3.63) is 10.9 Å². The highest BCUT2D eigenvalue weighted by Crippen LogP contribution is 2.32. The van der Waals surface area contributed by atoms with Gasteiger partial charge in [-0.2, -0.15) is 4.37 Å². The number of methoxy groups -OCH3 is 1. The number of aromatic nitrogens is 1. The van der Waals surface area contributed by atoms with Crippen LogP contribution in [0.4, 0.5) is 0 Å². The number of nitrogens with one attached hydrogen (secondary N) is 1. The predicted octanol–water partition coefficient (Wildman–Crippen LogP) is 0.333. The zero-order valence-corrected chi connectivity index (χ0v) is 8.23. The van der Waals surface area contributed by atoms with E-state index < -0.39 is 5.60 Å². The summed E-state index contributed by atoms with van der Waals surface area (Å²) in [6, 6.07) is 1.80. The van der Waals surface area contributed by atoms with Crippen LogP contribution in [0.5, 0.6) is 5.88 Å². The Kier molecular flexibility index (Phi) is 2.23. The minimum atomic E-state index is -0.728. The van der Waals surface area contributed by atoms with Gasteiger partial charge in [-0.25, -0.2) is 0 Å². The lowest BCUT2D eigenvalue weighted by atomic mass is 10.0. The third kappa shape index (κ3) is 1.54. The summed E-state index contributed by atoms with van der Waals surface area (Å²) in [5.41, 5.74) is -0.728. The van der Waals surface area contributed by atoms with Gasteiger partial charge in [0.1, 0.15) is 5.60 Å². The Bertz CT molecular complexity index is 294. The fourth-order valence-electron chi connectivity index (χ4n) is 1.46. The highest BCUT2D eigenvalue weighted by atomic mass is 32.1. The van der Waals surface area contributed by atoms with E-state index in [1.54, 1.807) is 13.2 Å². The summed E-state index contributed by atoms with van der Waals surface area (Å²) in [5.74, 6) is 0.584. The van der Waals surface area contributed by atoms with Gasteiger partial charge >= 0.3 is 0 Å². The summed E-state index contributed by atoms with van der Waals surface area (Å²) in [6.07, 6.45) is 0.748. The molecule has 1 fully saturated rings. The fourth-order valence-corrected chi connectivity index (χ4v) is 2.28. The monoisotopic (exact) mass is 200 g/mol. The van der Waals surface area contributed by atoms with Crippen LogP contribution in [0.15, 0.2) is 6.07 Å². The maximum Gasteiger partial charge on any atom is 0.225 e. The lowest BCUT2D eigenvalue weighted by molar-refractivity contribution is 0.0625. The molecule has 0 aliphatic carbocycles. The molecule has 1 aliphatic heterocycles. The Hall–Kier alpha value is -0.650. The Morgan fingerprint density at radius 3 is 3.15 bits per heavy atom. The van der Waals surface area contributed by atoms with Crippen molar-refractivity contribution >= 4 is 11.5 Å². The predicted molar refractivity (Wildman–Crippen MR) is 50.0 cm³/mol. The van der Waals surface area contributed by atoms with E-state index in [9.17, 15) is 5.11 Å². The first kappa shape index (κ1) is 8.93. The third-order valence-corrected chi connectivity index (χ3v) is 3.25. The number of rotatable bonds is 2. The standard InChI is InChI=1S/C8H12N2O2S/c1-12-7-4-6(13-10-7)8(11)2-3-9-5-8/h4,9,11H,2-3,5H2,1H3. The molecule has 1 aliphatic rings. The third-order valence-electron chi connectivity index (χ3n) is 2.29. The number of hydrogen-bond acceptors (Lipinski definition) is 5. The first-order valence-corrected chi connectivity index (χ1v) is 4.96. The molecule has 5 heteroatoms. The summed E-state index contributed by atoms with van der Waals surface area (Å²) in [4.78, 5) is 0.884. The zero-order valence-electron chi connectivity index (χ0n) is 7.41. The molecule has 13 heavy (non-hydrogen) atoms. The van der Waals surface area contributed by atoms with Crippen molar-refractivity contribution in [2.45, 2.75) is 12.0 Å². The van der Waals surface area contributed by atoms with Gasteiger partial charge in [0, 0.05) is 12.6 Å². The lowest BCUT2D eigenvalue weighted by Crippen LogP contribution is -2.26. The maximum absolute atomic E-state index is 10.1. The molecule has 2 rings (SSSR count). The van der Waals surface area contributed by atoms with Crippen LogP contribution in [-0.4, -0.2) is 29.7 Å². The largest absolute Gasteiger partial charge is 0.480 e. The van der Waals surface area contributed by atoms with Gasteiger partial charge in [-0.3, -0.25) is 0 Å². The SMILES string of the molecule is COc1cc(C2(O)CCNC2)sn1. The van der Waals surface area contributed by atoms with Gasteiger partial charge in [0.25, 0.3) is 0 Å². The van der Waals surface area contributed by atoms with Gasteiger partial charge < -0.3 is 15.2 Å². The van der Waals surface area contributed by atoms with Gasteiger partial charge in [-0.1, -0.05) is 0 Å². The Labute approximate surface area is 80.7 Å². The topological polar surface area (TPSA) is 54.4 Å². The van der Waals surface area contributed by atoms with E-state index in [-0.39, 0.29) is 0 Å². The molecule has 2 heterocycles. The van der Waals surface area contributed by atoms with Crippen molar-refractivity contribution in [2.24, 2.45) is 0 Å². The average molecular weight is 200 g/mol. The van der Waals surface area contributed by atoms with Gasteiger partial charge in [0.05, 0.1) is 12.0 Å². The van der Waals surface area contributed by atoms with Crippen LogP contribution in [0, 0.1) is 0 Å². The second kappa shape index (κ2) is 3.25. The summed E-state index contributed by atoms with van der Waals surface area (Å²) < 4.78 is 9.02. The zero-order chi connectivity index (χ0) is 9.31. The van der Waals surface area contributed by atoms with Crippen molar-refractivity contribution in [1.82, 2.24) is 9.69 Å². The quantitative estimate of drug-likeness (QED) is 0.722. The molecule has 0 saturated carbocycles. The minimum Gasteiger partial charge on any atom is -0.480 e. The van der Waals surface area contributed by atoms with Gasteiger partial charge in [0.15, 0.2) is 0 Å². The summed E-state index contributed by atoms with van der Waals surface area (Å²) in [7, 11) is 1.58. The Morgan fingerprint density at radius 1 is 1.77 bits per heavy atom. The Balaban J connectivity index is 2.23.